The van der Waals surface area contributed by atoms with Gasteiger partial charge < -0.3 is 20.1 Å². The molecule has 2 aromatic carbocycles. The number of benzene rings is 2. The predicted octanol–water partition coefficient (Wildman–Crippen LogP) is 3.95. The van der Waals surface area contributed by atoms with Gasteiger partial charge >= 0.3 is 0 Å². The van der Waals surface area contributed by atoms with Gasteiger partial charge in [0.1, 0.15) is 5.69 Å². The zero-order valence-corrected chi connectivity index (χ0v) is 16.9. The van der Waals surface area contributed by atoms with Gasteiger partial charge in [0.05, 0.1) is 14.2 Å². The third-order valence-electron chi connectivity index (χ3n) is 4.47. The Morgan fingerprint density at radius 3 is 2.48 bits per heavy atom. The maximum atomic E-state index is 12.5. The average Bonchev–Trinajstić information content (AvgIpc) is 2.76. The standard InChI is InChI=1S/C23H25N3O3/c1-16-5-4-6-17(11-16)14-25-19-9-10-24-20(13-19)23(27)26-15-18-7-8-21(28-2)22(12-18)29-3/h4-13H,14-15H2,1-3H3,(H,24,25)(H,26,27). The highest BCUT2D eigenvalue weighted by atomic mass is 16.5. The molecule has 0 aliphatic carbocycles. The highest BCUT2D eigenvalue weighted by molar-refractivity contribution is 5.93. The lowest BCUT2D eigenvalue weighted by Crippen LogP contribution is -2.23. The summed E-state index contributed by atoms with van der Waals surface area (Å²) in [5.74, 6) is 1.04. The molecule has 0 bridgehead atoms. The number of amides is 1. The molecule has 3 rings (SSSR count). The summed E-state index contributed by atoms with van der Waals surface area (Å²) in [6.45, 7) is 3.11. The third kappa shape index (κ3) is 5.48. The van der Waals surface area contributed by atoms with Gasteiger partial charge in [-0.25, -0.2) is 0 Å². The summed E-state index contributed by atoms with van der Waals surface area (Å²) < 4.78 is 10.5. The molecule has 0 aliphatic heterocycles. The van der Waals surface area contributed by atoms with Gasteiger partial charge in [-0.15, -0.1) is 0 Å². The van der Waals surface area contributed by atoms with Crippen molar-refractivity contribution in [3.8, 4) is 11.5 Å². The van der Waals surface area contributed by atoms with Crippen LogP contribution in [0.3, 0.4) is 0 Å². The van der Waals surface area contributed by atoms with E-state index in [1.54, 1.807) is 26.5 Å². The van der Waals surface area contributed by atoms with E-state index in [-0.39, 0.29) is 5.91 Å². The first-order valence-electron chi connectivity index (χ1n) is 9.33. The molecular weight excluding hydrogens is 366 g/mol. The molecule has 1 amide bonds. The summed E-state index contributed by atoms with van der Waals surface area (Å²) in [5, 5.41) is 6.22. The number of rotatable bonds is 8. The van der Waals surface area contributed by atoms with Crippen molar-refractivity contribution in [2.75, 3.05) is 19.5 Å². The molecule has 0 unspecified atom stereocenters. The smallest absolute Gasteiger partial charge is 0.270 e. The van der Waals surface area contributed by atoms with Crippen LogP contribution in [0.2, 0.25) is 0 Å². The van der Waals surface area contributed by atoms with Gasteiger partial charge in [0.25, 0.3) is 5.91 Å². The van der Waals surface area contributed by atoms with Crippen LogP contribution in [0.15, 0.2) is 60.8 Å². The van der Waals surface area contributed by atoms with Crippen molar-refractivity contribution < 1.29 is 14.3 Å². The van der Waals surface area contributed by atoms with Crippen molar-refractivity contribution in [1.82, 2.24) is 10.3 Å². The summed E-state index contributed by atoms with van der Waals surface area (Å²) in [6.07, 6.45) is 1.63. The van der Waals surface area contributed by atoms with Gasteiger partial charge in [-0.3, -0.25) is 9.78 Å². The maximum Gasteiger partial charge on any atom is 0.270 e. The molecule has 0 atom stereocenters. The molecule has 1 aromatic heterocycles. The molecular formula is C23H25N3O3. The van der Waals surface area contributed by atoms with E-state index in [1.165, 1.54) is 11.1 Å². The summed E-state index contributed by atoms with van der Waals surface area (Å²) in [4.78, 5) is 16.7. The van der Waals surface area contributed by atoms with Crippen molar-refractivity contribution in [3.05, 3.63) is 83.2 Å². The van der Waals surface area contributed by atoms with Crippen LogP contribution in [0.25, 0.3) is 0 Å². The van der Waals surface area contributed by atoms with Crippen LogP contribution in [0.4, 0.5) is 5.69 Å². The lowest BCUT2D eigenvalue weighted by atomic mass is 10.1. The lowest BCUT2D eigenvalue weighted by molar-refractivity contribution is 0.0946. The number of hydrogen-bond acceptors (Lipinski definition) is 5. The van der Waals surface area contributed by atoms with Crippen LogP contribution in [0.1, 0.15) is 27.2 Å². The zero-order valence-electron chi connectivity index (χ0n) is 16.9. The Labute approximate surface area is 170 Å². The van der Waals surface area contributed by atoms with Crippen molar-refractivity contribution in [2.45, 2.75) is 20.0 Å². The SMILES string of the molecule is COc1ccc(CNC(=O)c2cc(NCc3cccc(C)c3)ccn2)cc1OC. The summed E-state index contributed by atoms with van der Waals surface area (Å²) >= 11 is 0. The van der Waals surface area contributed by atoms with Crippen LogP contribution >= 0.6 is 0 Å². The molecule has 0 radical (unpaired) electrons. The monoisotopic (exact) mass is 391 g/mol. The highest BCUT2D eigenvalue weighted by Crippen LogP contribution is 2.27. The fraction of sp³-hybridized carbons (Fsp3) is 0.217. The topological polar surface area (TPSA) is 72.5 Å². The molecule has 6 heteroatoms. The van der Waals surface area contributed by atoms with Crippen molar-refractivity contribution in [3.63, 3.8) is 0 Å². The molecule has 2 N–H and O–H groups in total. The van der Waals surface area contributed by atoms with Gasteiger partial charge in [0, 0.05) is 25.0 Å². The maximum absolute atomic E-state index is 12.5. The van der Waals surface area contributed by atoms with Crippen LogP contribution < -0.4 is 20.1 Å². The van der Waals surface area contributed by atoms with Gasteiger partial charge in [0.15, 0.2) is 11.5 Å². The Bertz CT molecular complexity index is 989. The minimum Gasteiger partial charge on any atom is -0.493 e. The van der Waals surface area contributed by atoms with Gasteiger partial charge in [-0.05, 0) is 42.3 Å². The Hall–Kier alpha value is -3.54. The highest BCUT2D eigenvalue weighted by Gasteiger charge is 2.10. The minimum absolute atomic E-state index is 0.237. The zero-order chi connectivity index (χ0) is 20.6. The van der Waals surface area contributed by atoms with Gasteiger partial charge in [-0.1, -0.05) is 35.9 Å². The fourth-order valence-electron chi connectivity index (χ4n) is 2.95. The number of nitrogens with one attached hydrogen (secondary N) is 2. The van der Waals surface area contributed by atoms with Crippen LogP contribution in [-0.4, -0.2) is 25.1 Å². The van der Waals surface area contributed by atoms with E-state index in [1.807, 2.05) is 30.3 Å². The van der Waals surface area contributed by atoms with E-state index in [0.29, 0.717) is 30.3 Å². The van der Waals surface area contributed by atoms with E-state index in [2.05, 4.69) is 40.7 Å². The number of carbonyl (C=O) groups is 1. The Kier molecular flexibility index (Phi) is 6.68. The molecule has 0 spiro atoms. The first-order valence-corrected chi connectivity index (χ1v) is 9.33. The molecule has 0 fully saturated rings. The molecule has 6 nitrogen and oxygen atoms in total. The molecule has 0 saturated carbocycles. The van der Waals surface area contributed by atoms with E-state index in [4.69, 9.17) is 9.47 Å². The number of pyridine rings is 1. The van der Waals surface area contributed by atoms with Crippen LogP contribution in [0.5, 0.6) is 11.5 Å². The number of aryl methyl sites for hydroxylation is 1. The van der Waals surface area contributed by atoms with E-state index in [9.17, 15) is 4.79 Å². The van der Waals surface area contributed by atoms with Gasteiger partial charge in [-0.2, -0.15) is 0 Å². The number of hydrogen-bond donors (Lipinski definition) is 2. The molecule has 0 aliphatic rings. The number of nitrogens with zero attached hydrogens (tertiary/aromatic N) is 1. The molecule has 1 heterocycles. The first kappa shape index (κ1) is 20.2. The normalized spacial score (nSPS) is 10.3. The van der Waals surface area contributed by atoms with Gasteiger partial charge in [0.2, 0.25) is 0 Å². The quantitative estimate of drug-likeness (QED) is 0.608. The lowest BCUT2D eigenvalue weighted by Gasteiger charge is -2.11. The average molecular weight is 391 g/mol. The summed E-state index contributed by atoms with van der Waals surface area (Å²) in [7, 11) is 3.17. The van der Waals surface area contributed by atoms with Crippen LogP contribution in [0, 0.1) is 6.92 Å². The van der Waals surface area contributed by atoms with E-state index < -0.39 is 0 Å². The predicted molar refractivity (Wildman–Crippen MR) is 113 cm³/mol. The van der Waals surface area contributed by atoms with Crippen molar-refractivity contribution >= 4 is 11.6 Å². The molecule has 29 heavy (non-hydrogen) atoms. The number of methoxy groups -OCH3 is 2. The number of aromatic nitrogens is 1. The second-order valence-electron chi connectivity index (χ2n) is 6.64. The number of anilines is 1. The molecule has 3 aromatic rings. The Morgan fingerprint density at radius 1 is 0.931 bits per heavy atom. The molecule has 0 saturated heterocycles. The number of ether oxygens (including phenoxy) is 2. The van der Waals surface area contributed by atoms with Crippen molar-refractivity contribution in [1.29, 1.82) is 0 Å². The van der Waals surface area contributed by atoms with E-state index >= 15 is 0 Å². The number of carbonyl (C=O) groups excluding carboxylic acids is 1. The van der Waals surface area contributed by atoms with Crippen LogP contribution in [-0.2, 0) is 13.1 Å². The molecule has 150 valence electrons. The second-order valence-corrected chi connectivity index (χ2v) is 6.64. The van der Waals surface area contributed by atoms with E-state index in [0.717, 1.165) is 11.3 Å². The van der Waals surface area contributed by atoms with Crippen molar-refractivity contribution in [2.24, 2.45) is 0 Å². The summed E-state index contributed by atoms with van der Waals surface area (Å²) in [6, 6.07) is 17.4. The second kappa shape index (κ2) is 9.59. The Balaban J connectivity index is 1.60. The Morgan fingerprint density at radius 2 is 1.72 bits per heavy atom. The summed E-state index contributed by atoms with van der Waals surface area (Å²) in [5.41, 5.74) is 4.51. The largest absolute Gasteiger partial charge is 0.493 e. The third-order valence-corrected chi connectivity index (χ3v) is 4.47. The minimum atomic E-state index is -0.237. The fourth-order valence-corrected chi connectivity index (χ4v) is 2.95. The first-order chi connectivity index (χ1) is 14.1.